The molecule has 1 heteroatoms. The highest BCUT2D eigenvalue weighted by molar-refractivity contribution is 6.09. The number of nitrogens with zero attached hydrogens (tertiary/aromatic N) is 1. The average molecular weight is 283 g/mol. The third-order valence-corrected chi connectivity index (χ3v) is 5.01. The summed E-state index contributed by atoms with van der Waals surface area (Å²) in [6.45, 7) is 0. The van der Waals surface area contributed by atoms with Crippen molar-refractivity contribution in [3.63, 3.8) is 0 Å². The lowest BCUT2D eigenvalue weighted by Gasteiger charge is -2.17. The van der Waals surface area contributed by atoms with Crippen molar-refractivity contribution in [2.24, 2.45) is 0 Å². The molecule has 5 rings (SSSR count). The van der Waals surface area contributed by atoms with Crippen LogP contribution in [-0.2, 0) is 12.8 Å². The van der Waals surface area contributed by atoms with Crippen molar-refractivity contribution < 1.29 is 0 Å². The summed E-state index contributed by atoms with van der Waals surface area (Å²) in [5, 5.41) is 5.13. The van der Waals surface area contributed by atoms with Crippen LogP contribution in [0.25, 0.3) is 32.6 Å². The summed E-state index contributed by atoms with van der Waals surface area (Å²) < 4.78 is 0. The van der Waals surface area contributed by atoms with Crippen molar-refractivity contribution >= 4 is 32.6 Å². The maximum absolute atomic E-state index is 5.04. The number of rotatable bonds is 0. The van der Waals surface area contributed by atoms with Crippen LogP contribution in [0.3, 0.4) is 0 Å². The van der Waals surface area contributed by atoms with E-state index in [4.69, 9.17) is 4.98 Å². The predicted octanol–water partition coefficient (Wildman–Crippen LogP) is 5.42. The maximum Gasteiger partial charge on any atom is 0.0744 e. The molecule has 0 fully saturated rings. The van der Waals surface area contributed by atoms with E-state index < -0.39 is 0 Å². The van der Waals surface area contributed by atoms with Crippen molar-refractivity contribution in [1.82, 2.24) is 4.98 Å². The molecule has 1 nitrogen and oxygen atoms in total. The van der Waals surface area contributed by atoms with E-state index in [1.54, 1.807) is 0 Å². The smallest absolute Gasteiger partial charge is 0.0744 e. The number of fused-ring (bicyclic) bond motifs is 6. The second-order valence-electron chi connectivity index (χ2n) is 6.32. The minimum absolute atomic E-state index is 1.12. The average Bonchev–Trinajstić information content (AvgIpc) is 2.60. The molecule has 0 aliphatic heterocycles. The molecule has 4 aromatic rings. The van der Waals surface area contributed by atoms with E-state index in [9.17, 15) is 0 Å². The largest absolute Gasteiger partial charge is 0.247 e. The molecule has 3 aromatic carbocycles. The van der Waals surface area contributed by atoms with Gasteiger partial charge >= 0.3 is 0 Å². The first-order valence-electron chi connectivity index (χ1n) is 8.13. The monoisotopic (exact) mass is 283 g/mol. The molecule has 0 atom stereocenters. The highest BCUT2D eigenvalue weighted by atomic mass is 14.7. The Morgan fingerprint density at radius 1 is 0.727 bits per heavy atom. The van der Waals surface area contributed by atoms with Gasteiger partial charge in [0.15, 0.2) is 0 Å². The van der Waals surface area contributed by atoms with E-state index in [0.29, 0.717) is 0 Å². The summed E-state index contributed by atoms with van der Waals surface area (Å²) in [4.78, 5) is 5.04. The Morgan fingerprint density at radius 3 is 2.59 bits per heavy atom. The number of pyridine rings is 1. The van der Waals surface area contributed by atoms with Gasteiger partial charge < -0.3 is 0 Å². The van der Waals surface area contributed by atoms with Crippen molar-refractivity contribution in [2.45, 2.75) is 25.7 Å². The Hall–Kier alpha value is -2.41. The Bertz CT molecular complexity index is 1030. The highest BCUT2D eigenvalue weighted by Crippen LogP contribution is 2.32. The second kappa shape index (κ2) is 4.54. The van der Waals surface area contributed by atoms with Crippen LogP contribution in [0.1, 0.15) is 24.0 Å². The van der Waals surface area contributed by atoms with E-state index in [1.165, 1.54) is 63.9 Å². The van der Waals surface area contributed by atoms with Gasteiger partial charge in [0.2, 0.25) is 0 Å². The molecule has 106 valence electrons. The molecule has 0 unspecified atom stereocenters. The van der Waals surface area contributed by atoms with Gasteiger partial charge in [-0.15, -0.1) is 0 Å². The fraction of sp³-hybridized carbons (Fsp3) is 0.190. The zero-order valence-electron chi connectivity index (χ0n) is 12.5. The van der Waals surface area contributed by atoms with Crippen LogP contribution in [0, 0.1) is 0 Å². The van der Waals surface area contributed by atoms with Crippen molar-refractivity contribution in [3.8, 4) is 0 Å². The Labute approximate surface area is 129 Å². The van der Waals surface area contributed by atoms with E-state index in [-0.39, 0.29) is 0 Å². The number of aromatic nitrogens is 1. The van der Waals surface area contributed by atoms with Crippen molar-refractivity contribution in [2.75, 3.05) is 0 Å². The lowest BCUT2D eigenvalue weighted by molar-refractivity contribution is 0.689. The molecular weight excluding hydrogens is 266 g/mol. The third-order valence-electron chi connectivity index (χ3n) is 5.01. The quantitative estimate of drug-likeness (QED) is 0.310. The molecule has 0 spiro atoms. The van der Waals surface area contributed by atoms with Gasteiger partial charge in [-0.1, -0.05) is 42.5 Å². The van der Waals surface area contributed by atoms with Crippen molar-refractivity contribution in [1.29, 1.82) is 0 Å². The molecule has 22 heavy (non-hydrogen) atoms. The molecule has 1 aliphatic rings. The predicted molar refractivity (Wildman–Crippen MR) is 93.4 cm³/mol. The SMILES string of the molecule is c1ccc2c(c1)ccc1nc3c4c(ccc3cc12)CCCC4. The van der Waals surface area contributed by atoms with Gasteiger partial charge in [0.25, 0.3) is 0 Å². The van der Waals surface area contributed by atoms with Crippen LogP contribution in [0.5, 0.6) is 0 Å². The molecule has 0 saturated carbocycles. The van der Waals surface area contributed by atoms with Crippen LogP contribution in [0.2, 0.25) is 0 Å². The van der Waals surface area contributed by atoms with Gasteiger partial charge in [-0.25, -0.2) is 4.98 Å². The van der Waals surface area contributed by atoms with Gasteiger partial charge in [0, 0.05) is 10.8 Å². The van der Waals surface area contributed by atoms with E-state index >= 15 is 0 Å². The van der Waals surface area contributed by atoms with Crippen LogP contribution in [0.4, 0.5) is 0 Å². The number of aryl methyl sites for hydroxylation is 2. The molecular formula is C21H17N. The topological polar surface area (TPSA) is 12.9 Å². The zero-order valence-corrected chi connectivity index (χ0v) is 12.5. The molecule has 1 heterocycles. The summed E-state index contributed by atoms with van der Waals surface area (Å²) in [5.74, 6) is 0. The summed E-state index contributed by atoms with van der Waals surface area (Å²) in [5.41, 5.74) is 5.33. The lowest BCUT2D eigenvalue weighted by atomic mass is 9.89. The third kappa shape index (κ3) is 1.69. The Morgan fingerprint density at radius 2 is 1.59 bits per heavy atom. The van der Waals surface area contributed by atoms with Gasteiger partial charge in [0.1, 0.15) is 0 Å². The minimum Gasteiger partial charge on any atom is -0.247 e. The van der Waals surface area contributed by atoms with Gasteiger partial charge in [-0.2, -0.15) is 0 Å². The van der Waals surface area contributed by atoms with Crippen LogP contribution < -0.4 is 0 Å². The van der Waals surface area contributed by atoms with Gasteiger partial charge in [-0.3, -0.25) is 0 Å². The summed E-state index contributed by atoms with van der Waals surface area (Å²) in [7, 11) is 0. The van der Waals surface area contributed by atoms with Crippen LogP contribution in [0.15, 0.2) is 54.6 Å². The Balaban J connectivity index is 1.92. The fourth-order valence-corrected chi connectivity index (χ4v) is 3.88. The zero-order chi connectivity index (χ0) is 14.5. The lowest BCUT2D eigenvalue weighted by Crippen LogP contribution is -2.04. The summed E-state index contributed by atoms with van der Waals surface area (Å²) in [6.07, 6.45) is 5.00. The molecule has 0 radical (unpaired) electrons. The Kier molecular flexibility index (Phi) is 2.51. The second-order valence-corrected chi connectivity index (χ2v) is 6.32. The number of benzene rings is 3. The maximum atomic E-state index is 5.04. The first-order valence-corrected chi connectivity index (χ1v) is 8.13. The van der Waals surface area contributed by atoms with Crippen LogP contribution >= 0.6 is 0 Å². The first-order chi connectivity index (χ1) is 10.9. The number of hydrogen-bond acceptors (Lipinski definition) is 1. The highest BCUT2D eigenvalue weighted by Gasteiger charge is 2.14. The van der Waals surface area contributed by atoms with Crippen LogP contribution in [-0.4, -0.2) is 4.98 Å². The van der Waals surface area contributed by atoms with E-state index in [0.717, 1.165) is 5.52 Å². The molecule has 0 saturated heterocycles. The minimum atomic E-state index is 1.12. The molecule has 0 amide bonds. The van der Waals surface area contributed by atoms with E-state index in [1.807, 2.05) is 0 Å². The molecule has 0 bridgehead atoms. The fourth-order valence-electron chi connectivity index (χ4n) is 3.88. The van der Waals surface area contributed by atoms with Crippen molar-refractivity contribution in [3.05, 3.63) is 65.7 Å². The standard InChI is InChI=1S/C21H17N/c1-3-7-17-14(5-1)11-12-20-19(17)13-16-10-9-15-6-2-4-8-18(15)21(16)22-20/h1,3,5,7,9-13H,2,4,6,8H2. The summed E-state index contributed by atoms with van der Waals surface area (Å²) >= 11 is 0. The normalized spacial score (nSPS) is 14.5. The van der Waals surface area contributed by atoms with Gasteiger partial charge in [0.05, 0.1) is 11.0 Å². The first kappa shape index (κ1) is 12.2. The van der Waals surface area contributed by atoms with Gasteiger partial charge in [-0.05, 0) is 59.7 Å². The molecule has 1 aromatic heterocycles. The van der Waals surface area contributed by atoms with E-state index in [2.05, 4.69) is 54.6 Å². The summed E-state index contributed by atoms with van der Waals surface area (Å²) in [6, 6.07) is 19.8. The number of hydrogen-bond donors (Lipinski definition) is 0. The molecule has 0 N–H and O–H groups in total. The molecule has 1 aliphatic carbocycles.